The van der Waals surface area contributed by atoms with Crippen LogP contribution in [0.4, 0.5) is 11.4 Å². The van der Waals surface area contributed by atoms with Crippen LogP contribution >= 0.6 is 23.2 Å². The summed E-state index contributed by atoms with van der Waals surface area (Å²) in [5.74, 6) is 0.138. The Kier molecular flexibility index (Phi) is 4.98. The van der Waals surface area contributed by atoms with Crippen molar-refractivity contribution in [1.29, 1.82) is 0 Å². The van der Waals surface area contributed by atoms with E-state index >= 15 is 0 Å². The van der Waals surface area contributed by atoms with Gasteiger partial charge in [-0.05, 0) is 24.3 Å². The van der Waals surface area contributed by atoms with E-state index in [0.29, 0.717) is 0 Å². The number of benzene rings is 2. The molecular weight excluding hydrogens is 367 g/mol. The number of anilines is 1. The zero-order chi connectivity index (χ0) is 17.2. The number of nitro benzene ring substituents is 1. The Morgan fingerprint density at radius 3 is 2.39 bits per heavy atom. The Morgan fingerprint density at radius 1 is 1.13 bits per heavy atom. The monoisotopic (exact) mass is 376 g/mol. The van der Waals surface area contributed by atoms with E-state index in [2.05, 4.69) is 4.72 Å². The molecular formula is C13H10Cl2N2O5S. The van der Waals surface area contributed by atoms with Crippen LogP contribution in [0.15, 0.2) is 41.3 Å². The first-order chi connectivity index (χ1) is 10.7. The van der Waals surface area contributed by atoms with Gasteiger partial charge in [-0.15, -0.1) is 0 Å². The first kappa shape index (κ1) is 17.3. The average Bonchev–Trinajstić information content (AvgIpc) is 2.49. The predicted molar refractivity (Wildman–Crippen MR) is 86.9 cm³/mol. The predicted octanol–water partition coefficient (Wildman–Crippen LogP) is 3.71. The second-order valence-electron chi connectivity index (χ2n) is 4.32. The number of nitrogens with zero attached hydrogens (tertiary/aromatic N) is 1. The molecule has 0 bridgehead atoms. The third-order valence-electron chi connectivity index (χ3n) is 2.84. The Hall–Kier alpha value is -2.03. The highest BCUT2D eigenvalue weighted by Gasteiger charge is 2.20. The van der Waals surface area contributed by atoms with Crippen molar-refractivity contribution in [2.75, 3.05) is 11.8 Å². The van der Waals surface area contributed by atoms with Crippen LogP contribution in [0, 0.1) is 10.1 Å². The van der Waals surface area contributed by atoms with Crippen LogP contribution in [0.2, 0.25) is 10.0 Å². The molecule has 0 aliphatic rings. The number of ether oxygens (including phenoxy) is 1. The summed E-state index contributed by atoms with van der Waals surface area (Å²) in [5.41, 5.74) is -0.342. The normalized spacial score (nSPS) is 11.1. The van der Waals surface area contributed by atoms with Gasteiger partial charge in [0.15, 0.2) is 0 Å². The molecule has 7 nitrogen and oxygen atoms in total. The molecule has 0 aromatic heterocycles. The molecule has 0 atom stereocenters. The fraction of sp³-hybridized carbons (Fsp3) is 0.0769. The quantitative estimate of drug-likeness (QED) is 0.633. The molecule has 0 unspecified atom stereocenters. The van der Waals surface area contributed by atoms with Crippen molar-refractivity contribution < 1.29 is 18.1 Å². The van der Waals surface area contributed by atoms with Gasteiger partial charge in [-0.25, -0.2) is 8.42 Å². The van der Waals surface area contributed by atoms with Crippen molar-refractivity contribution in [3.8, 4) is 5.75 Å². The first-order valence-electron chi connectivity index (χ1n) is 6.05. The summed E-state index contributed by atoms with van der Waals surface area (Å²) in [4.78, 5) is 10.0. The van der Waals surface area contributed by atoms with Crippen LogP contribution in [-0.4, -0.2) is 20.5 Å². The highest BCUT2D eigenvalue weighted by atomic mass is 35.5. The third-order valence-corrected chi connectivity index (χ3v) is 4.94. The zero-order valence-electron chi connectivity index (χ0n) is 11.6. The zero-order valence-corrected chi connectivity index (χ0v) is 13.9. The molecule has 0 saturated carbocycles. The smallest absolute Gasteiger partial charge is 0.271 e. The van der Waals surface area contributed by atoms with Crippen LogP contribution in [0.5, 0.6) is 5.75 Å². The number of non-ortho nitro benzene ring substituents is 1. The van der Waals surface area contributed by atoms with Gasteiger partial charge in [0.25, 0.3) is 15.7 Å². The highest BCUT2D eigenvalue weighted by Crippen LogP contribution is 2.32. The van der Waals surface area contributed by atoms with E-state index in [1.165, 1.54) is 37.4 Å². The number of methoxy groups -OCH3 is 1. The molecule has 1 N–H and O–H groups in total. The lowest BCUT2D eigenvalue weighted by Gasteiger charge is -2.12. The van der Waals surface area contributed by atoms with Gasteiger partial charge in [0.05, 0.1) is 32.7 Å². The van der Waals surface area contributed by atoms with Gasteiger partial charge in [0, 0.05) is 12.1 Å². The molecule has 0 aliphatic heterocycles. The highest BCUT2D eigenvalue weighted by molar-refractivity contribution is 7.92. The molecule has 0 spiro atoms. The molecule has 0 radical (unpaired) electrons. The summed E-state index contributed by atoms with van der Waals surface area (Å²) in [6.07, 6.45) is 0. The number of hydrogen-bond donors (Lipinski definition) is 1. The molecule has 0 heterocycles. The minimum absolute atomic E-state index is 0.0622. The van der Waals surface area contributed by atoms with Gasteiger partial charge >= 0.3 is 0 Å². The number of hydrogen-bond acceptors (Lipinski definition) is 5. The molecule has 2 aromatic rings. The van der Waals surface area contributed by atoms with Crippen molar-refractivity contribution in [3.63, 3.8) is 0 Å². The number of sulfonamides is 1. The van der Waals surface area contributed by atoms with Gasteiger partial charge < -0.3 is 4.74 Å². The molecule has 2 rings (SSSR count). The van der Waals surface area contributed by atoms with Crippen LogP contribution in [0.25, 0.3) is 0 Å². The van der Waals surface area contributed by atoms with Crippen molar-refractivity contribution in [2.24, 2.45) is 0 Å². The Morgan fingerprint density at radius 2 is 1.83 bits per heavy atom. The van der Waals surface area contributed by atoms with E-state index in [-0.39, 0.29) is 32.1 Å². The molecule has 0 amide bonds. The molecule has 10 heteroatoms. The summed E-state index contributed by atoms with van der Waals surface area (Å²) in [6, 6.07) is 7.34. The fourth-order valence-corrected chi connectivity index (χ4v) is 3.19. The number of rotatable bonds is 5. The van der Waals surface area contributed by atoms with Crippen LogP contribution in [0.1, 0.15) is 0 Å². The maximum Gasteiger partial charge on any atom is 0.271 e. The van der Waals surface area contributed by atoms with E-state index in [0.717, 1.165) is 6.07 Å². The van der Waals surface area contributed by atoms with Crippen molar-refractivity contribution >= 4 is 44.6 Å². The summed E-state index contributed by atoms with van der Waals surface area (Å²) < 4.78 is 32.0. The lowest BCUT2D eigenvalue weighted by atomic mass is 10.2. The molecule has 0 saturated heterocycles. The van der Waals surface area contributed by atoms with E-state index in [4.69, 9.17) is 27.9 Å². The van der Waals surface area contributed by atoms with Gasteiger partial charge in [0.1, 0.15) is 5.75 Å². The lowest BCUT2D eigenvalue weighted by Crippen LogP contribution is -2.14. The van der Waals surface area contributed by atoms with E-state index in [9.17, 15) is 18.5 Å². The van der Waals surface area contributed by atoms with Gasteiger partial charge in [0.2, 0.25) is 0 Å². The van der Waals surface area contributed by atoms with Crippen LogP contribution < -0.4 is 9.46 Å². The summed E-state index contributed by atoms with van der Waals surface area (Å²) in [7, 11) is -2.71. The molecule has 0 aliphatic carbocycles. The van der Waals surface area contributed by atoms with Crippen LogP contribution in [-0.2, 0) is 10.0 Å². The summed E-state index contributed by atoms with van der Waals surface area (Å²) >= 11 is 11.6. The van der Waals surface area contributed by atoms with Gasteiger partial charge in [-0.1, -0.05) is 23.2 Å². The largest absolute Gasteiger partial charge is 0.495 e. The van der Waals surface area contributed by atoms with Crippen molar-refractivity contribution in [3.05, 3.63) is 56.6 Å². The van der Waals surface area contributed by atoms with Crippen LogP contribution in [0.3, 0.4) is 0 Å². The molecule has 23 heavy (non-hydrogen) atoms. The third kappa shape index (κ3) is 3.84. The fourth-order valence-electron chi connectivity index (χ4n) is 1.74. The summed E-state index contributed by atoms with van der Waals surface area (Å²) in [6.45, 7) is 0. The SMILES string of the molecule is COc1ccc([N+](=O)[O-])cc1NS(=O)(=O)c1ccc(Cl)c(Cl)c1. The van der Waals surface area contributed by atoms with Crippen molar-refractivity contribution in [1.82, 2.24) is 0 Å². The second-order valence-corrected chi connectivity index (χ2v) is 6.82. The standard InChI is InChI=1S/C13H10Cl2N2O5S/c1-22-13-5-2-8(17(18)19)6-12(13)16-23(20,21)9-3-4-10(14)11(15)7-9/h2-7,16H,1H3. The molecule has 122 valence electrons. The number of halogens is 2. The molecule has 2 aromatic carbocycles. The number of nitrogens with one attached hydrogen (secondary N) is 1. The van der Waals surface area contributed by atoms with E-state index in [1.54, 1.807) is 0 Å². The van der Waals surface area contributed by atoms with E-state index < -0.39 is 14.9 Å². The van der Waals surface area contributed by atoms with E-state index in [1.807, 2.05) is 0 Å². The maximum atomic E-state index is 12.4. The second kappa shape index (κ2) is 6.61. The van der Waals surface area contributed by atoms with Gasteiger partial charge in [-0.2, -0.15) is 0 Å². The lowest BCUT2D eigenvalue weighted by molar-refractivity contribution is -0.384. The topological polar surface area (TPSA) is 98.5 Å². The Bertz CT molecular complexity index is 871. The Balaban J connectivity index is 2.45. The van der Waals surface area contributed by atoms with Crippen molar-refractivity contribution in [2.45, 2.75) is 4.90 Å². The maximum absolute atomic E-state index is 12.4. The summed E-state index contributed by atoms with van der Waals surface area (Å²) in [5, 5.41) is 11.1. The average molecular weight is 377 g/mol. The first-order valence-corrected chi connectivity index (χ1v) is 8.29. The molecule has 0 fully saturated rings. The minimum Gasteiger partial charge on any atom is -0.495 e. The Labute approximate surface area is 142 Å². The minimum atomic E-state index is -4.02. The number of nitro groups is 1. The van der Waals surface area contributed by atoms with Gasteiger partial charge in [-0.3, -0.25) is 14.8 Å².